The highest BCUT2D eigenvalue weighted by molar-refractivity contribution is 5.91. The van der Waals surface area contributed by atoms with Crippen LogP contribution >= 0.6 is 0 Å². The number of aliphatic hydroxyl groups is 1. The quantitative estimate of drug-likeness (QED) is 0.572. The van der Waals surface area contributed by atoms with Gasteiger partial charge in [0.15, 0.2) is 5.78 Å². The summed E-state index contributed by atoms with van der Waals surface area (Å²) in [4.78, 5) is 20.7. The van der Waals surface area contributed by atoms with Crippen LogP contribution in [0.3, 0.4) is 0 Å². The van der Waals surface area contributed by atoms with E-state index in [1.165, 1.54) is 26.2 Å². The lowest BCUT2D eigenvalue weighted by molar-refractivity contribution is -0.131. The lowest BCUT2D eigenvalue weighted by Gasteiger charge is -2.07. The molecule has 1 N–H and O–H groups in total. The minimum absolute atomic E-state index is 0.339. The number of ether oxygens (including phenoxy) is 1. The van der Waals surface area contributed by atoms with Crippen LogP contribution in [0.4, 0.5) is 0 Å². The largest absolute Gasteiger partial charge is 0.465 e. The fourth-order valence-corrected chi connectivity index (χ4v) is 0.579. The molecule has 0 aromatic rings. The van der Waals surface area contributed by atoms with Crippen molar-refractivity contribution < 1.29 is 19.4 Å². The van der Waals surface area contributed by atoms with Crippen LogP contribution in [0.25, 0.3) is 0 Å². The third-order valence-electron chi connectivity index (χ3n) is 1.32. The smallest absolute Gasteiger partial charge is 0.293 e. The van der Waals surface area contributed by atoms with E-state index in [9.17, 15) is 9.59 Å². The van der Waals surface area contributed by atoms with E-state index in [0.717, 1.165) is 0 Å². The van der Waals surface area contributed by atoms with Crippen LogP contribution in [0.15, 0.2) is 0 Å². The van der Waals surface area contributed by atoms with Crippen LogP contribution < -0.4 is 0 Å². The molecule has 73 valence electrons. The van der Waals surface area contributed by atoms with Gasteiger partial charge in [0, 0.05) is 12.8 Å². The summed E-state index contributed by atoms with van der Waals surface area (Å²) >= 11 is 0. The first-order valence-corrected chi connectivity index (χ1v) is 3.90. The summed E-state index contributed by atoms with van der Waals surface area (Å²) in [6.07, 6.45) is 2.86. The highest BCUT2D eigenvalue weighted by Crippen LogP contribution is 2.01. The van der Waals surface area contributed by atoms with Crippen LogP contribution in [0, 0.1) is 19.3 Å². The Kier molecular flexibility index (Phi) is 6.14. The van der Waals surface area contributed by atoms with E-state index in [1.807, 2.05) is 0 Å². The number of aliphatic hydroxyl groups excluding tert-OH is 1. The van der Waals surface area contributed by atoms with Gasteiger partial charge in [0.25, 0.3) is 6.47 Å². The van der Waals surface area contributed by atoms with Gasteiger partial charge in [-0.25, -0.2) is 0 Å². The Bertz CT molecular complexity index is 165. The average molecular weight is 185 g/mol. The highest BCUT2D eigenvalue weighted by atomic mass is 16.5. The Labute approximate surface area is 77.9 Å². The predicted molar refractivity (Wildman–Crippen MR) is 46.2 cm³/mol. The van der Waals surface area contributed by atoms with Crippen molar-refractivity contribution in [3.05, 3.63) is 19.3 Å². The minimum atomic E-state index is -0.994. The Hall–Kier alpha value is -0.900. The summed E-state index contributed by atoms with van der Waals surface area (Å²) in [5.74, 6) is -0.380. The first kappa shape index (κ1) is 12.1. The van der Waals surface area contributed by atoms with E-state index < -0.39 is 6.10 Å². The zero-order chi connectivity index (χ0) is 10.3. The predicted octanol–water partition coefficient (Wildman–Crippen LogP) is 0.111. The van der Waals surface area contributed by atoms with E-state index in [-0.39, 0.29) is 11.9 Å². The molecule has 0 aliphatic rings. The van der Waals surface area contributed by atoms with Crippen molar-refractivity contribution in [3.8, 4) is 0 Å². The molecule has 0 aromatic carbocycles. The minimum Gasteiger partial charge on any atom is -0.465 e. The second-order valence-electron chi connectivity index (χ2n) is 2.57. The standard InChI is InChI=1S/C9H13O4/c1-7(13-6-10)4-3-5-9(12)8(2)11/h3-8,11H,1-2H3/t7-,8-/m1/s1. The maximum absolute atomic E-state index is 10.8. The van der Waals surface area contributed by atoms with Crippen molar-refractivity contribution in [1.82, 2.24) is 0 Å². The molecule has 0 aromatic heterocycles. The zero-order valence-electron chi connectivity index (χ0n) is 7.64. The Morgan fingerprint density at radius 3 is 2.54 bits per heavy atom. The van der Waals surface area contributed by atoms with E-state index in [4.69, 9.17) is 5.11 Å². The number of carbonyl (C=O) groups excluding carboxylic acids is 2. The maximum Gasteiger partial charge on any atom is 0.293 e. The fourth-order valence-electron chi connectivity index (χ4n) is 0.579. The molecule has 0 spiro atoms. The molecule has 0 rings (SSSR count). The van der Waals surface area contributed by atoms with Gasteiger partial charge in [-0.05, 0) is 20.3 Å². The lowest BCUT2D eigenvalue weighted by atomic mass is 10.1. The van der Waals surface area contributed by atoms with Crippen LogP contribution in [0.5, 0.6) is 0 Å². The summed E-state index contributed by atoms with van der Waals surface area (Å²) in [5.41, 5.74) is 0. The molecule has 4 heteroatoms. The van der Waals surface area contributed by atoms with Crippen molar-refractivity contribution in [2.24, 2.45) is 0 Å². The van der Waals surface area contributed by atoms with Crippen LogP contribution in [0.2, 0.25) is 0 Å². The molecule has 0 fully saturated rings. The fraction of sp³-hybridized carbons (Fsp3) is 0.444. The Balaban J connectivity index is 3.44. The summed E-state index contributed by atoms with van der Waals surface area (Å²) in [6, 6.07) is 0. The Morgan fingerprint density at radius 1 is 1.46 bits per heavy atom. The van der Waals surface area contributed by atoms with E-state index in [0.29, 0.717) is 6.47 Å². The number of carbonyl (C=O) groups is 2. The second kappa shape index (κ2) is 6.60. The SMILES string of the molecule is C[C@H]([CH][CH][CH]C(=O)[C@@H](C)O)OC=O. The Morgan fingerprint density at radius 2 is 2.08 bits per heavy atom. The number of rotatable bonds is 7. The van der Waals surface area contributed by atoms with Gasteiger partial charge in [0.1, 0.15) is 12.2 Å². The molecule has 0 bridgehead atoms. The summed E-state index contributed by atoms with van der Waals surface area (Å²) in [5, 5.41) is 8.79. The molecule has 0 aliphatic carbocycles. The molecular weight excluding hydrogens is 172 g/mol. The van der Waals surface area contributed by atoms with E-state index >= 15 is 0 Å². The summed E-state index contributed by atoms with van der Waals surface area (Å²) in [6.45, 7) is 3.38. The molecule has 0 aliphatic heterocycles. The summed E-state index contributed by atoms with van der Waals surface area (Å²) in [7, 11) is 0. The van der Waals surface area contributed by atoms with Gasteiger partial charge >= 0.3 is 0 Å². The van der Waals surface area contributed by atoms with E-state index in [1.54, 1.807) is 6.92 Å². The number of hydrogen-bond acceptors (Lipinski definition) is 4. The van der Waals surface area contributed by atoms with Crippen LogP contribution in [-0.4, -0.2) is 29.6 Å². The van der Waals surface area contributed by atoms with Crippen LogP contribution in [0.1, 0.15) is 13.8 Å². The van der Waals surface area contributed by atoms with Gasteiger partial charge in [-0.2, -0.15) is 0 Å². The molecule has 13 heavy (non-hydrogen) atoms. The molecule has 0 amide bonds. The van der Waals surface area contributed by atoms with Crippen molar-refractivity contribution in [3.63, 3.8) is 0 Å². The van der Waals surface area contributed by atoms with Crippen molar-refractivity contribution in [1.29, 1.82) is 0 Å². The van der Waals surface area contributed by atoms with Crippen molar-refractivity contribution in [2.45, 2.75) is 26.1 Å². The molecule has 0 heterocycles. The van der Waals surface area contributed by atoms with Gasteiger partial charge in [-0.1, -0.05) is 0 Å². The van der Waals surface area contributed by atoms with Gasteiger partial charge in [-0.15, -0.1) is 0 Å². The van der Waals surface area contributed by atoms with Gasteiger partial charge < -0.3 is 9.84 Å². The number of Topliss-reactive ketones (excluding diaryl/α,β-unsaturated/α-hetero) is 1. The molecule has 4 nitrogen and oxygen atoms in total. The normalized spacial score (nSPS) is 14.7. The average Bonchev–Trinajstić information content (AvgIpc) is 2.04. The monoisotopic (exact) mass is 185 g/mol. The van der Waals surface area contributed by atoms with Crippen molar-refractivity contribution >= 4 is 12.3 Å². The second-order valence-corrected chi connectivity index (χ2v) is 2.57. The first-order valence-electron chi connectivity index (χ1n) is 3.90. The molecule has 0 unspecified atom stereocenters. The van der Waals surface area contributed by atoms with Crippen molar-refractivity contribution in [2.75, 3.05) is 0 Å². The van der Waals surface area contributed by atoms with Crippen LogP contribution in [-0.2, 0) is 14.3 Å². The maximum atomic E-state index is 10.8. The topological polar surface area (TPSA) is 63.6 Å². The summed E-state index contributed by atoms with van der Waals surface area (Å²) < 4.78 is 4.52. The number of ketones is 1. The van der Waals surface area contributed by atoms with Gasteiger partial charge in [0.05, 0.1) is 0 Å². The number of hydrogen-bond donors (Lipinski definition) is 1. The van der Waals surface area contributed by atoms with Gasteiger partial charge in [0.2, 0.25) is 0 Å². The third-order valence-corrected chi connectivity index (χ3v) is 1.32. The lowest BCUT2D eigenvalue weighted by Crippen LogP contribution is -2.17. The molecule has 2 atom stereocenters. The molecule has 0 saturated heterocycles. The molecule has 3 radical (unpaired) electrons. The highest BCUT2D eigenvalue weighted by Gasteiger charge is 2.10. The first-order chi connectivity index (χ1) is 6.07. The molecule has 0 saturated carbocycles. The zero-order valence-corrected chi connectivity index (χ0v) is 7.64. The molecular formula is C9H13O4. The third kappa shape index (κ3) is 6.28. The van der Waals surface area contributed by atoms with E-state index in [2.05, 4.69) is 4.74 Å². The van der Waals surface area contributed by atoms with Gasteiger partial charge in [-0.3, -0.25) is 9.59 Å².